The van der Waals surface area contributed by atoms with Gasteiger partial charge in [0, 0.05) is 11.8 Å². The number of halogens is 4. The fourth-order valence-electron chi connectivity index (χ4n) is 0.522. The molecule has 0 amide bonds. The molecule has 0 saturated heterocycles. The van der Waals surface area contributed by atoms with Gasteiger partial charge in [0.25, 0.3) is 0 Å². The van der Waals surface area contributed by atoms with Crippen LogP contribution in [0, 0.1) is 0 Å². The Kier molecular flexibility index (Phi) is 4.72. The molecule has 0 spiro atoms. The Morgan fingerprint density at radius 1 is 1.27 bits per heavy atom. The second-order valence-electron chi connectivity index (χ2n) is 2.07. The van der Waals surface area contributed by atoms with Gasteiger partial charge in [-0.25, -0.2) is 0 Å². The van der Waals surface area contributed by atoms with E-state index in [9.17, 15) is 18.0 Å². The maximum atomic E-state index is 11.5. The molecule has 0 rings (SSSR count). The van der Waals surface area contributed by atoms with Gasteiger partial charge in [0.1, 0.15) is 0 Å². The van der Waals surface area contributed by atoms with Gasteiger partial charge in [-0.05, 0) is 12.8 Å². The first-order valence-electron chi connectivity index (χ1n) is 3.14. The highest BCUT2D eigenvalue weighted by Crippen LogP contribution is 2.19. The van der Waals surface area contributed by atoms with Crippen LogP contribution in [0.3, 0.4) is 0 Å². The number of carbonyl (C=O) groups excluding carboxylic acids is 1. The lowest BCUT2D eigenvalue weighted by Gasteiger charge is -2.02. The second kappa shape index (κ2) is 4.74. The lowest BCUT2D eigenvalue weighted by atomic mass is 10.2. The number of rotatable bonds is 4. The molecule has 0 aliphatic carbocycles. The van der Waals surface area contributed by atoms with Gasteiger partial charge in [-0.3, -0.25) is 4.79 Å². The molecule has 0 fully saturated rings. The van der Waals surface area contributed by atoms with Gasteiger partial charge in [-0.2, -0.15) is 13.2 Å². The van der Waals surface area contributed by atoms with Crippen molar-refractivity contribution in [2.45, 2.75) is 25.4 Å². The Balaban J connectivity index is 3.54. The summed E-state index contributed by atoms with van der Waals surface area (Å²) in [4.78, 5) is 10.2. The van der Waals surface area contributed by atoms with Crippen molar-refractivity contribution >= 4 is 21.7 Å². The van der Waals surface area contributed by atoms with Crippen LogP contribution >= 0.6 is 15.9 Å². The number of hydrogen-bond acceptors (Lipinski definition) is 1. The first-order valence-corrected chi connectivity index (χ1v) is 4.26. The Morgan fingerprint density at radius 3 is 2.18 bits per heavy atom. The molecular weight excluding hydrogens is 225 g/mol. The Labute approximate surface area is 71.1 Å². The molecule has 5 heteroatoms. The molecule has 1 nitrogen and oxygen atoms in total. The van der Waals surface area contributed by atoms with E-state index in [1.165, 1.54) is 0 Å². The summed E-state index contributed by atoms with van der Waals surface area (Å²) in [6.45, 7) is 0. The lowest BCUT2D eigenvalue weighted by Crippen LogP contribution is -2.22. The molecule has 0 aromatic rings. The minimum Gasteiger partial charge on any atom is -0.290 e. The fourth-order valence-corrected chi connectivity index (χ4v) is 0.918. The highest BCUT2D eigenvalue weighted by Gasteiger charge is 2.36. The van der Waals surface area contributed by atoms with Crippen LogP contribution in [0.5, 0.6) is 0 Å². The van der Waals surface area contributed by atoms with Crippen molar-refractivity contribution < 1.29 is 18.0 Å². The normalized spacial score (nSPS) is 11.6. The third-order valence-electron chi connectivity index (χ3n) is 1.10. The van der Waals surface area contributed by atoms with Crippen LogP contribution in [-0.4, -0.2) is 17.3 Å². The fraction of sp³-hybridized carbons (Fsp3) is 0.833. The molecule has 0 unspecified atom stereocenters. The average Bonchev–Trinajstić information content (AvgIpc) is 1.86. The highest BCUT2D eigenvalue weighted by atomic mass is 79.9. The molecule has 0 atom stereocenters. The molecule has 0 N–H and O–H groups in total. The van der Waals surface area contributed by atoms with E-state index < -0.39 is 18.4 Å². The number of hydrogen-bond donors (Lipinski definition) is 0. The summed E-state index contributed by atoms with van der Waals surface area (Å²) in [6, 6.07) is 0. The van der Waals surface area contributed by atoms with Gasteiger partial charge in [0.05, 0.1) is 0 Å². The van der Waals surface area contributed by atoms with Gasteiger partial charge in [0.15, 0.2) is 0 Å². The zero-order chi connectivity index (χ0) is 8.91. The summed E-state index contributed by atoms with van der Waals surface area (Å²) in [5.41, 5.74) is 0. The predicted octanol–water partition coefficient (Wildman–Crippen LogP) is 2.68. The van der Waals surface area contributed by atoms with Gasteiger partial charge >= 0.3 is 6.18 Å². The van der Waals surface area contributed by atoms with Crippen LogP contribution in [-0.2, 0) is 4.79 Å². The molecular formula is C6H8BrF3O. The number of unbranched alkanes of at least 4 members (excludes halogenated alkanes) is 1. The molecule has 66 valence electrons. The molecule has 0 aromatic heterocycles. The number of ketones is 1. The predicted molar refractivity (Wildman–Crippen MR) is 38.7 cm³/mol. The third-order valence-corrected chi connectivity index (χ3v) is 1.66. The number of alkyl halides is 4. The smallest absolute Gasteiger partial charge is 0.290 e. The molecule has 0 aliphatic heterocycles. The molecule has 0 radical (unpaired) electrons. The minimum absolute atomic E-state index is 0.295. The van der Waals surface area contributed by atoms with Gasteiger partial charge in [-0.15, -0.1) is 0 Å². The number of carbonyl (C=O) groups is 1. The standard InChI is InChI=1S/C6H8BrF3O/c7-4-2-1-3-5(11)6(8,9)10/h1-4H2. The van der Waals surface area contributed by atoms with E-state index >= 15 is 0 Å². The van der Waals surface area contributed by atoms with E-state index in [2.05, 4.69) is 15.9 Å². The SMILES string of the molecule is O=C(CCCCBr)C(F)(F)F. The average molecular weight is 233 g/mol. The molecule has 0 heterocycles. The van der Waals surface area contributed by atoms with Crippen LogP contribution in [0.25, 0.3) is 0 Å². The minimum atomic E-state index is -4.65. The van der Waals surface area contributed by atoms with E-state index in [-0.39, 0.29) is 0 Å². The Hall–Kier alpha value is -0.0600. The summed E-state index contributed by atoms with van der Waals surface area (Å²) in [7, 11) is 0. The maximum absolute atomic E-state index is 11.5. The molecule has 0 bridgehead atoms. The van der Waals surface area contributed by atoms with Gasteiger partial charge < -0.3 is 0 Å². The molecule has 0 aromatic carbocycles. The van der Waals surface area contributed by atoms with Crippen molar-refractivity contribution in [1.29, 1.82) is 0 Å². The Bertz CT molecular complexity index is 132. The summed E-state index contributed by atoms with van der Waals surface area (Å²) in [5, 5.41) is 0.637. The summed E-state index contributed by atoms with van der Waals surface area (Å²) in [6.07, 6.45) is -4.15. The third kappa shape index (κ3) is 5.24. The molecule has 0 saturated carbocycles. The monoisotopic (exact) mass is 232 g/mol. The van der Waals surface area contributed by atoms with E-state index in [0.717, 1.165) is 0 Å². The largest absolute Gasteiger partial charge is 0.449 e. The maximum Gasteiger partial charge on any atom is 0.449 e. The van der Waals surface area contributed by atoms with Crippen molar-refractivity contribution in [3.05, 3.63) is 0 Å². The van der Waals surface area contributed by atoms with Crippen molar-refractivity contribution in [3.8, 4) is 0 Å². The van der Waals surface area contributed by atoms with Crippen LogP contribution in [0.4, 0.5) is 13.2 Å². The zero-order valence-electron chi connectivity index (χ0n) is 5.75. The van der Waals surface area contributed by atoms with Crippen LogP contribution in [0.1, 0.15) is 19.3 Å². The quantitative estimate of drug-likeness (QED) is 0.538. The van der Waals surface area contributed by atoms with E-state index in [0.29, 0.717) is 18.2 Å². The van der Waals surface area contributed by atoms with Crippen LogP contribution in [0.15, 0.2) is 0 Å². The highest BCUT2D eigenvalue weighted by molar-refractivity contribution is 9.09. The van der Waals surface area contributed by atoms with E-state index in [1.54, 1.807) is 0 Å². The zero-order valence-corrected chi connectivity index (χ0v) is 7.33. The molecule has 0 aliphatic rings. The van der Waals surface area contributed by atoms with Gasteiger partial charge in [-0.1, -0.05) is 15.9 Å². The van der Waals surface area contributed by atoms with Crippen molar-refractivity contribution in [1.82, 2.24) is 0 Å². The van der Waals surface area contributed by atoms with E-state index in [1.807, 2.05) is 0 Å². The first kappa shape index (κ1) is 10.9. The Morgan fingerprint density at radius 2 is 1.82 bits per heavy atom. The topological polar surface area (TPSA) is 17.1 Å². The number of Topliss-reactive ketones (excluding diaryl/α,β-unsaturated/α-hetero) is 1. The second-order valence-corrected chi connectivity index (χ2v) is 2.86. The first-order chi connectivity index (χ1) is 4.98. The molecule has 11 heavy (non-hydrogen) atoms. The van der Waals surface area contributed by atoms with Gasteiger partial charge in [0.2, 0.25) is 5.78 Å². The lowest BCUT2D eigenvalue weighted by molar-refractivity contribution is -0.171. The summed E-state index contributed by atoms with van der Waals surface area (Å²) in [5.74, 6) is -1.63. The van der Waals surface area contributed by atoms with Crippen molar-refractivity contribution in [2.75, 3.05) is 5.33 Å². The van der Waals surface area contributed by atoms with E-state index in [4.69, 9.17) is 0 Å². The van der Waals surface area contributed by atoms with Crippen LogP contribution in [0.2, 0.25) is 0 Å². The van der Waals surface area contributed by atoms with Crippen molar-refractivity contribution in [3.63, 3.8) is 0 Å². The summed E-state index contributed by atoms with van der Waals surface area (Å²) >= 11 is 3.06. The van der Waals surface area contributed by atoms with Crippen LogP contribution < -0.4 is 0 Å². The summed E-state index contributed by atoms with van der Waals surface area (Å²) < 4.78 is 34.5. The van der Waals surface area contributed by atoms with Crippen molar-refractivity contribution in [2.24, 2.45) is 0 Å².